The van der Waals surface area contributed by atoms with E-state index >= 15 is 0 Å². The maximum atomic E-state index is 12.4. The van der Waals surface area contributed by atoms with E-state index in [4.69, 9.17) is 11.6 Å². The highest BCUT2D eigenvalue weighted by Gasteiger charge is 2.21. The highest BCUT2D eigenvalue weighted by molar-refractivity contribution is 6.34. The van der Waals surface area contributed by atoms with Crippen molar-refractivity contribution in [1.29, 1.82) is 0 Å². The molecule has 0 bridgehead atoms. The molecule has 9 nitrogen and oxygen atoms in total. The molecule has 0 atom stereocenters. The monoisotopic (exact) mass is 364 g/mol. The van der Waals surface area contributed by atoms with Crippen LogP contribution < -0.4 is 10.2 Å². The molecule has 0 aromatic heterocycles. The molecule has 0 spiro atoms. The Morgan fingerprint density at radius 2 is 1.76 bits per heavy atom. The van der Waals surface area contributed by atoms with Gasteiger partial charge in [0.25, 0.3) is 17.3 Å². The second-order valence-corrected chi connectivity index (χ2v) is 5.64. The average molecular weight is 365 g/mol. The second kappa shape index (κ2) is 7.14. The number of carbonyl (C=O) groups excluding carboxylic acids is 1. The number of nitro benzene ring substituents is 2. The van der Waals surface area contributed by atoms with Crippen LogP contribution in [0.15, 0.2) is 36.4 Å². The van der Waals surface area contributed by atoms with Gasteiger partial charge in [0, 0.05) is 38.0 Å². The molecule has 1 N–H and O–H groups in total. The Balaban J connectivity index is 2.43. The fourth-order valence-electron chi connectivity index (χ4n) is 2.05. The standard InChI is InChI=1S/C15H13ClN4O5/c1-18(2)9-4-6-14(20(24)25)13(8-9)17-15(21)11-7-10(19(22)23)3-5-12(11)16/h3-8H,1-2H3,(H,17,21). The number of benzene rings is 2. The van der Waals surface area contributed by atoms with E-state index in [1.54, 1.807) is 19.0 Å². The number of carbonyl (C=O) groups is 1. The number of nitrogens with zero attached hydrogens (tertiary/aromatic N) is 3. The van der Waals surface area contributed by atoms with Gasteiger partial charge < -0.3 is 10.2 Å². The summed E-state index contributed by atoms with van der Waals surface area (Å²) in [6.07, 6.45) is 0. The Bertz CT molecular complexity index is 869. The molecule has 2 rings (SSSR count). The molecule has 0 aliphatic carbocycles. The Kier molecular flexibility index (Phi) is 5.18. The lowest BCUT2D eigenvalue weighted by molar-refractivity contribution is -0.384. The molecule has 25 heavy (non-hydrogen) atoms. The summed E-state index contributed by atoms with van der Waals surface area (Å²) in [6, 6.07) is 7.63. The van der Waals surface area contributed by atoms with Gasteiger partial charge >= 0.3 is 0 Å². The normalized spacial score (nSPS) is 10.2. The summed E-state index contributed by atoms with van der Waals surface area (Å²) in [5, 5.41) is 24.4. The van der Waals surface area contributed by atoms with E-state index in [1.807, 2.05) is 0 Å². The molecule has 10 heteroatoms. The number of rotatable bonds is 5. The van der Waals surface area contributed by atoms with Gasteiger partial charge in [-0.3, -0.25) is 25.0 Å². The van der Waals surface area contributed by atoms with Crippen LogP contribution >= 0.6 is 11.6 Å². The number of anilines is 2. The topological polar surface area (TPSA) is 119 Å². The molecule has 1 amide bonds. The zero-order valence-electron chi connectivity index (χ0n) is 13.2. The van der Waals surface area contributed by atoms with E-state index in [1.165, 1.54) is 24.3 Å². The van der Waals surface area contributed by atoms with Crippen LogP contribution in [0, 0.1) is 20.2 Å². The van der Waals surface area contributed by atoms with Crippen molar-refractivity contribution < 1.29 is 14.6 Å². The number of nitro groups is 2. The molecule has 0 fully saturated rings. The Labute approximate surface area is 147 Å². The SMILES string of the molecule is CN(C)c1ccc([N+](=O)[O-])c(NC(=O)c2cc([N+](=O)[O-])ccc2Cl)c1. The van der Waals surface area contributed by atoms with Gasteiger partial charge in [0.2, 0.25) is 0 Å². The summed E-state index contributed by atoms with van der Waals surface area (Å²) in [5.41, 5.74) is -0.179. The van der Waals surface area contributed by atoms with Crippen molar-refractivity contribution in [2.75, 3.05) is 24.3 Å². The predicted octanol–water partition coefficient (Wildman–Crippen LogP) is 3.47. The molecule has 0 aliphatic heterocycles. The first-order valence-electron chi connectivity index (χ1n) is 6.91. The van der Waals surface area contributed by atoms with Gasteiger partial charge in [0.05, 0.1) is 20.4 Å². The van der Waals surface area contributed by atoms with Gasteiger partial charge in [-0.1, -0.05) is 11.6 Å². The molecule has 2 aromatic rings. The van der Waals surface area contributed by atoms with E-state index in [0.29, 0.717) is 5.69 Å². The maximum absolute atomic E-state index is 12.4. The predicted molar refractivity (Wildman–Crippen MR) is 93.5 cm³/mol. The second-order valence-electron chi connectivity index (χ2n) is 5.23. The van der Waals surface area contributed by atoms with Crippen molar-refractivity contribution in [2.45, 2.75) is 0 Å². The van der Waals surface area contributed by atoms with E-state index in [9.17, 15) is 25.0 Å². The molecule has 0 unspecified atom stereocenters. The summed E-state index contributed by atoms with van der Waals surface area (Å²) < 4.78 is 0. The Hall–Kier alpha value is -3.20. The third-order valence-electron chi connectivity index (χ3n) is 3.35. The highest BCUT2D eigenvalue weighted by Crippen LogP contribution is 2.30. The van der Waals surface area contributed by atoms with Crippen LogP contribution in [-0.2, 0) is 0 Å². The third-order valence-corrected chi connectivity index (χ3v) is 3.68. The van der Waals surface area contributed by atoms with Crippen LogP contribution in [0.2, 0.25) is 5.02 Å². The number of halogens is 1. The lowest BCUT2D eigenvalue weighted by Gasteiger charge is -2.14. The van der Waals surface area contributed by atoms with Crippen molar-refractivity contribution in [3.8, 4) is 0 Å². The smallest absolute Gasteiger partial charge is 0.292 e. The Morgan fingerprint density at radius 3 is 2.32 bits per heavy atom. The molecule has 0 radical (unpaired) electrons. The van der Waals surface area contributed by atoms with Crippen LogP contribution in [-0.4, -0.2) is 29.8 Å². The average Bonchev–Trinajstić information content (AvgIpc) is 2.54. The molecule has 130 valence electrons. The van der Waals surface area contributed by atoms with Crippen LogP contribution in [0.25, 0.3) is 0 Å². The summed E-state index contributed by atoms with van der Waals surface area (Å²) >= 11 is 5.92. The van der Waals surface area contributed by atoms with Crippen LogP contribution in [0.4, 0.5) is 22.7 Å². The minimum atomic E-state index is -0.785. The minimum absolute atomic E-state index is 0.00508. The largest absolute Gasteiger partial charge is 0.378 e. The lowest BCUT2D eigenvalue weighted by Crippen LogP contribution is -2.15. The van der Waals surface area contributed by atoms with Crippen molar-refractivity contribution in [3.05, 3.63) is 67.2 Å². The fourth-order valence-corrected chi connectivity index (χ4v) is 2.26. The molecule has 0 aliphatic rings. The van der Waals surface area contributed by atoms with E-state index < -0.39 is 15.8 Å². The summed E-state index contributed by atoms with van der Waals surface area (Å²) in [4.78, 5) is 34.8. The van der Waals surface area contributed by atoms with Crippen LogP contribution in [0.5, 0.6) is 0 Å². The van der Waals surface area contributed by atoms with Crippen LogP contribution in [0.1, 0.15) is 10.4 Å². The number of non-ortho nitro benzene ring substituents is 1. The molecule has 2 aromatic carbocycles. The lowest BCUT2D eigenvalue weighted by atomic mass is 10.1. The summed E-state index contributed by atoms with van der Waals surface area (Å²) in [6.45, 7) is 0. The highest BCUT2D eigenvalue weighted by atomic mass is 35.5. The van der Waals surface area contributed by atoms with Gasteiger partial charge in [0.1, 0.15) is 5.69 Å². The van der Waals surface area contributed by atoms with E-state index in [-0.39, 0.29) is 27.6 Å². The quantitative estimate of drug-likeness (QED) is 0.640. The zero-order valence-corrected chi connectivity index (χ0v) is 14.0. The molecule has 0 heterocycles. The summed E-state index contributed by atoms with van der Waals surface area (Å²) in [7, 11) is 3.48. The van der Waals surface area contributed by atoms with E-state index in [2.05, 4.69) is 5.32 Å². The van der Waals surface area contributed by atoms with Gasteiger partial charge in [-0.25, -0.2) is 0 Å². The molecular formula is C15H13ClN4O5. The van der Waals surface area contributed by atoms with Gasteiger partial charge in [-0.05, 0) is 18.2 Å². The molecule has 0 saturated carbocycles. The first kappa shape index (κ1) is 18.1. The number of amides is 1. The molecular weight excluding hydrogens is 352 g/mol. The van der Waals surface area contributed by atoms with Gasteiger partial charge in [-0.15, -0.1) is 0 Å². The van der Waals surface area contributed by atoms with Gasteiger partial charge in [-0.2, -0.15) is 0 Å². The number of hydrogen-bond acceptors (Lipinski definition) is 6. The third kappa shape index (κ3) is 4.01. The fraction of sp³-hybridized carbons (Fsp3) is 0.133. The van der Waals surface area contributed by atoms with Crippen molar-refractivity contribution in [3.63, 3.8) is 0 Å². The first-order chi connectivity index (χ1) is 11.7. The Morgan fingerprint density at radius 1 is 1.08 bits per heavy atom. The maximum Gasteiger partial charge on any atom is 0.292 e. The zero-order chi connectivity index (χ0) is 18.7. The summed E-state index contributed by atoms with van der Waals surface area (Å²) in [5.74, 6) is -0.785. The van der Waals surface area contributed by atoms with E-state index in [0.717, 1.165) is 12.1 Å². The van der Waals surface area contributed by atoms with Gasteiger partial charge in [0.15, 0.2) is 0 Å². The van der Waals surface area contributed by atoms with Crippen molar-refractivity contribution >= 4 is 40.3 Å². The van der Waals surface area contributed by atoms with Crippen molar-refractivity contribution in [2.24, 2.45) is 0 Å². The van der Waals surface area contributed by atoms with Crippen molar-refractivity contribution in [1.82, 2.24) is 0 Å². The van der Waals surface area contributed by atoms with Crippen LogP contribution in [0.3, 0.4) is 0 Å². The first-order valence-corrected chi connectivity index (χ1v) is 7.29. The minimum Gasteiger partial charge on any atom is -0.378 e. The number of nitrogens with one attached hydrogen (secondary N) is 1. The molecule has 0 saturated heterocycles. The number of hydrogen-bond donors (Lipinski definition) is 1.